The van der Waals surface area contributed by atoms with E-state index in [1.165, 1.54) is 7.11 Å². The molecule has 0 aliphatic heterocycles. The lowest BCUT2D eigenvalue weighted by molar-refractivity contribution is 0.0952. The molecule has 29 heavy (non-hydrogen) atoms. The number of ether oxygens (including phenoxy) is 1. The minimum Gasteiger partial charge on any atom is -0.507 e. The van der Waals surface area contributed by atoms with Crippen LogP contribution >= 0.6 is 0 Å². The number of aromatic hydroxyl groups is 1. The van der Waals surface area contributed by atoms with Crippen molar-refractivity contribution in [3.05, 3.63) is 58.1 Å². The molecule has 0 unspecified atom stereocenters. The Balaban J connectivity index is 2.34. The minimum absolute atomic E-state index is 0.230. The molecule has 5 heteroatoms. The number of carbonyl (C=O) groups is 1. The smallest absolute Gasteiger partial charge is 0.275 e. The van der Waals surface area contributed by atoms with Crippen LogP contribution in [0.2, 0.25) is 0 Å². The van der Waals surface area contributed by atoms with Gasteiger partial charge in [-0.15, -0.1) is 0 Å². The lowest BCUT2D eigenvalue weighted by Crippen LogP contribution is -2.19. The zero-order chi connectivity index (χ0) is 22.0. The van der Waals surface area contributed by atoms with Gasteiger partial charge in [0.25, 0.3) is 5.91 Å². The average molecular weight is 397 g/mol. The van der Waals surface area contributed by atoms with Crippen molar-refractivity contribution in [2.24, 2.45) is 5.10 Å². The van der Waals surface area contributed by atoms with Gasteiger partial charge in [0.1, 0.15) is 11.5 Å². The number of hydrogen-bond donors (Lipinski definition) is 2. The van der Waals surface area contributed by atoms with Crippen LogP contribution in [0, 0.1) is 6.92 Å². The lowest BCUT2D eigenvalue weighted by atomic mass is 9.78. The number of phenolic OH excluding ortho intramolecular Hbond substituents is 1. The summed E-state index contributed by atoms with van der Waals surface area (Å²) in [6.07, 6.45) is 1.60. The van der Waals surface area contributed by atoms with Gasteiger partial charge in [-0.05, 0) is 53.1 Å². The summed E-state index contributed by atoms with van der Waals surface area (Å²) in [6, 6.07) is 9.20. The van der Waals surface area contributed by atoms with Crippen LogP contribution in [0.1, 0.15) is 74.2 Å². The highest BCUT2D eigenvalue weighted by atomic mass is 16.5. The maximum Gasteiger partial charge on any atom is 0.275 e. The Bertz CT molecular complexity index is 897. The number of hydrogen-bond acceptors (Lipinski definition) is 4. The zero-order valence-electron chi connectivity index (χ0n) is 18.7. The Morgan fingerprint density at radius 1 is 1.03 bits per heavy atom. The molecule has 156 valence electrons. The Labute approximate surface area is 173 Å². The Hall–Kier alpha value is -2.82. The van der Waals surface area contributed by atoms with Crippen LogP contribution in [-0.2, 0) is 10.8 Å². The summed E-state index contributed by atoms with van der Waals surface area (Å²) < 4.78 is 5.29. The molecule has 0 atom stereocenters. The molecule has 2 aromatic rings. The van der Waals surface area contributed by atoms with Crippen LogP contribution in [0.15, 0.2) is 35.4 Å². The van der Waals surface area contributed by atoms with Crippen molar-refractivity contribution in [2.75, 3.05) is 7.11 Å². The first kappa shape index (κ1) is 22.5. The molecule has 0 aliphatic rings. The highest BCUT2D eigenvalue weighted by molar-refractivity contribution is 5.97. The first-order valence-electron chi connectivity index (χ1n) is 9.70. The third kappa shape index (κ3) is 5.37. The Morgan fingerprint density at radius 3 is 2.07 bits per heavy atom. The van der Waals surface area contributed by atoms with E-state index in [-0.39, 0.29) is 16.7 Å². The molecule has 0 aliphatic carbocycles. The third-order valence-electron chi connectivity index (χ3n) is 4.73. The van der Waals surface area contributed by atoms with Crippen molar-refractivity contribution in [2.45, 2.75) is 59.3 Å². The van der Waals surface area contributed by atoms with Crippen LogP contribution in [0.25, 0.3) is 0 Å². The van der Waals surface area contributed by atoms with Crippen LogP contribution in [0.3, 0.4) is 0 Å². The van der Waals surface area contributed by atoms with Gasteiger partial charge in [0.2, 0.25) is 0 Å². The van der Waals surface area contributed by atoms with E-state index >= 15 is 0 Å². The summed E-state index contributed by atoms with van der Waals surface area (Å²) in [4.78, 5) is 12.5. The molecule has 2 rings (SSSR count). The van der Waals surface area contributed by atoms with Gasteiger partial charge in [-0.25, -0.2) is 5.43 Å². The number of rotatable bonds is 4. The van der Waals surface area contributed by atoms with Crippen molar-refractivity contribution >= 4 is 12.1 Å². The Kier molecular flexibility index (Phi) is 6.41. The van der Waals surface area contributed by atoms with Crippen LogP contribution < -0.4 is 10.2 Å². The molecule has 0 saturated carbocycles. The van der Waals surface area contributed by atoms with Gasteiger partial charge in [-0.1, -0.05) is 47.6 Å². The molecule has 0 aromatic heterocycles. The zero-order valence-corrected chi connectivity index (χ0v) is 18.7. The monoisotopic (exact) mass is 396 g/mol. The molecular formula is C24H32N2O3. The molecule has 2 N–H and O–H groups in total. The second-order valence-electron chi connectivity index (χ2n) is 9.37. The number of methoxy groups -OCH3 is 1. The minimum atomic E-state index is -0.344. The molecule has 0 radical (unpaired) electrons. The van der Waals surface area contributed by atoms with Gasteiger partial charge >= 0.3 is 0 Å². The number of nitrogens with zero attached hydrogens (tertiary/aromatic N) is 1. The van der Waals surface area contributed by atoms with Crippen LogP contribution in [0.4, 0.5) is 0 Å². The predicted octanol–water partition coefficient (Wildman–Crippen LogP) is 5.07. The fraction of sp³-hybridized carbons (Fsp3) is 0.417. The summed E-state index contributed by atoms with van der Waals surface area (Å²) in [6.45, 7) is 14.3. The van der Waals surface area contributed by atoms with Gasteiger partial charge in [-0.2, -0.15) is 5.10 Å². The summed E-state index contributed by atoms with van der Waals surface area (Å²) in [7, 11) is 1.54. The number of phenols is 1. The van der Waals surface area contributed by atoms with Crippen molar-refractivity contribution in [3.63, 3.8) is 0 Å². The average Bonchev–Trinajstić information content (AvgIpc) is 2.60. The maximum atomic E-state index is 12.5. The molecule has 5 nitrogen and oxygen atoms in total. The first-order valence-corrected chi connectivity index (χ1v) is 9.70. The molecule has 0 fully saturated rings. The van der Waals surface area contributed by atoms with Gasteiger partial charge in [0.05, 0.1) is 18.9 Å². The van der Waals surface area contributed by atoms with Gasteiger partial charge < -0.3 is 9.84 Å². The van der Waals surface area contributed by atoms with E-state index < -0.39 is 0 Å². The van der Waals surface area contributed by atoms with Crippen molar-refractivity contribution in [3.8, 4) is 11.5 Å². The molecule has 0 bridgehead atoms. The van der Waals surface area contributed by atoms with Crippen LogP contribution in [0.5, 0.6) is 11.5 Å². The highest BCUT2D eigenvalue weighted by Gasteiger charge is 2.26. The maximum absolute atomic E-state index is 12.5. The van der Waals surface area contributed by atoms with Gasteiger partial charge in [0.15, 0.2) is 0 Å². The van der Waals surface area contributed by atoms with E-state index in [9.17, 15) is 9.90 Å². The third-order valence-corrected chi connectivity index (χ3v) is 4.73. The Morgan fingerprint density at radius 2 is 1.59 bits per heavy atom. The molecule has 2 aromatic carbocycles. The standard InChI is InChI=1S/C24H32N2O3/c1-15-9-10-17(20(11-15)29-8)22(28)26-25-14-16-12-18(23(2,3)4)21(27)19(13-16)24(5,6)7/h9-14,27H,1-8H3,(H,26,28)/b25-14-. The molecule has 1 amide bonds. The van der Waals surface area contributed by atoms with Gasteiger partial charge in [0, 0.05) is 11.1 Å². The van der Waals surface area contributed by atoms with E-state index in [0.717, 1.165) is 22.3 Å². The summed E-state index contributed by atoms with van der Waals surface area (Å²) in [5.41, 5.74) is 6.04. The summed E-state index contributed by atoms with van der Waals surface area (Å²) >= 11 is 0. The van der Waals surface area contributed by atoms with E-state index in [0.29, 0.717) is 17.1 Å². The first-order chi connectivity index (χ1) is 13.3. The molecular weight excluding hydrogens is 364 g/mol. The van der Waals surface area contributed by atoms with Crippen LogP contribution in [-0.4, -0.2) is 24.3 Å². The normalized spacial score (nSPS) is 12.3. The number of aryl methyl sites for hydroxylation is 1. The highest BCUT2D eigenvalue weighted by Crippen LogP contribution is 2.39. The van der Waals surface area contributed by atoms with E-state index in [1.807, 2.05) is 31.2 Å². The van der Waals surface area contributed by atoms with E-state index in [2.05, 4.69) is 52.1 Å². The fourth-order valence-corrected chi connectivity index (χ4v) is 3.09. The topological polar surface area (TPSA) is 70.9 Å². The van der Waals surface area contributed by atoms with E-state index in [4.69, 9.17) is 4.74 Å². The predicted molar refractivity (Wildman–Crippen MR) is 118 cm³/mol. The number of hydrazone groups is 1. The molecule has 0 spiro atoms. The molecule has 0 saturated heterocycles. The summed E-state index contributed by atoms with van der Waals surface area (Å²) in [5.74, 6) is 0.479. The quantitative estimate of drug-likeness (QED) is 0.560. The number of nitrogens with one attached hydrogen (secondary N) is 1. The number of benzene rings is 2. The summed E-state index contributed by atoms with van der Waals surface area (Å²) in [5, 5.41) is 14.9. The van der Waals surface area contributed by atoms with Crippen molar-refractivity contribution in [1.82, 2.24) is 5.43 Å². The largest absolute Gasteiger partial charge is 0.507 e. The lowest BCUT2D eigenvalue weighted by Gasteiger charge is -2.27. The fourth-order valence-electron chi connectivity index (χ4n) is 3.09. The van der Waals surface area contributed by atoms with E-state index in [1.54, 1.807) is 12.3 Å². The second-order valence-corrected chi connectivity index (χ2v) is 9.37. The van der Waals surface area contributed by atoms with Crippen molar-refractivity contribution in [1.29, 1.82) is 0 Å². The SMILES string of the molecule is COc1cc(C)ccc1C(=O)N/N=C\c1cc(C(C)(C)C)c(O)c(C(C)(C)C)c1. The molecule has 0 heterocycles. The number of carbonyl (C=O) groups excluding carboxylic acids is 1. The number of amides is 1. The second kappa shape index (κ2) is 8.27. The van der Waals surface area contributed by atoms with Crippen molar-refractivity contribution < 1.29 is 14.6 Å². The van der Waals surface area contributed by atoms with Gasteiger partial charge in [-0.3, -0.25) is 4.79 Å².